The van der Waals surface area contributed by atoms with Gasteiger partial charge in [0.25, 0.3) is 0 Å². The molecule has 1 aromatic rings. The van der Waals surface area contributed by atoms with Crippen molar-refractivity contribution in [1.29, 1.82) is 0 Å². The van der Waals surface area contributed by atoms with Crippen LogP contribution in [0.15, 0.2) is 12.1 Å². The molecule has 0 aliphatic carbocycles. The first-order chi connectivity index (χ1) is 8.61. The van der Waals surface area contributed by atoms with Gasteiger partial charge in [-0.3, -0.25) is 0 Å². The molecule has 1 aliphatic rings. The summed E-state index contributed by atoms with van der Waals surface area (Å²) in [6.07, 6.45) is 0.936. The Hall–Kier alpha value is -1.23. The maximum Gasteiger partial charge on any atom is 0.161 e. The topological polar surface area (TPSA) is 15.3 Å². The second-order valence-electron chi connectivity index (χ2n) is 4.63. The first kappa shape index (κ1) is 13.2. The zero-order chi connectivity index (χ0) is 13.1. The lowest BCUT2D eigenvalue weighted by Crippen LogP contribution is -2.26. The van der Waals surface area contributed by atoms with E-state index in [0.717, 1.165) is 25.6 Å². The van der Waals surface area contributed by atoms with E-state index in [4.69, 9.17) is 0 Å². The lowest BCUT2D eigenvalue weighted by Gasteiger charge is -2.19. The molecule has 0 aromatic heterocycles. The van der Waals surface area contributed by atoms with Gasteiger partial charge in [-0.05, 0) is 25.4 Å². The number of hydrogen-bond acceptors (Lipinski definition) is 2. The number of hydrogen-bond donors (Lipinski definition) is 1. The fraction of sp³-hybridized carbons (Fsp3) is 0.538. The van der Waals surface area contributed by atoms with Crippen molar-refractivity contribution in [2.24, 2.45) is 5.92 Å². The Bertz CT molecular complexity index is 423. The van der Waals surface area contributed by atoms with Crippen molar-refractivity contribution in [1.82, 2.24) is 5.32 Å². The Morgan fingerprint density at radius 2 is 1.94 bits per heavy atom. The predicted octanol–water partition coefficient (Wildman–Crippen LogP) is 2.54. The quantitative estimate of drug-likeness (QED) is 0.835. The van der Waals surface area contributed by atoms with Gasteiger partial charge < -0.3 is 10.2 Å². The maximum atomic E-state index is 13.6. The summed E-state index contributed by atoms with van der Waals surface area (Å²) in [5.74, 6) is -2.41. The minimum atomic E-state index is -1.14. The second kappa shape index (κ2) is 5.61. The Balaban J connectivity index is 2.07. The van der Waals surface area contributed by atoms with E-state index >= 15 is 0 Å². The largest absolute Gasteiger partial charge is 0.369 e. The molecule has 2 nitrogen and oxygen atoms in total. The van der Waals surface area contributed by atoms with Crippen molar-refractivity contribution >= 4 is 5.69 Å². The molecule has 1 atom stereocenters. The lowest BCUT2D eigenvalue weighted by molar-refractivity contribution is 0.493. The molecular weight excluding hydrogens is 241 g/mol. The van der Waals surface area contributed by atoms with Crippen LogP contribution >= 0.6 is 0 Å². The normalized spacial score (nSPS) is 19.6. The molecule has 1 heterocycles. The highest BCUT2D eigenvalue weighted by Crippen LogP contribution is 2.27. The van der Waals surface area contributed by atoms with E-state index in [1.54, 1.807) is 4.90 Å². The van der Waals surface area contributed by atoms with Gasteiger partial charge in [0.2, 0.25) is 0 Å². The highest BCUT2D eigenvalue weighted by Gasteiger charge is 2.25. The number of nitrogens with one attached hydrogen (secondary N) is 1. The van der Waals surface area contributed by atoms with E-state index in [1.165, 1.54) is 0 Å². The van der Waals surface area contributed by atoms with Gasteiger partial charge in [-0.2, -0.15) is 0 Å². The summed E-state index contributed by atoms with van der Waals surface area (Å²) < 4.78 is 39.6. The maximum absolute atomic E-state index is 13.6. The summed E-state index contributed by atoms with van der Waals surface area (Å²) in [6, 6.07) is 1.56. The van der Waals surface area contributed by atoms with Crippen LogP contribution in [-0.2, 0) is 0 Å². The zero-order valence-corrected chi connectivity index (χ0v) is 10.3. The minimum absolute atomic E-state index is 0.160. The van der Waals surface area contributed by atoms with Gasteiger partial charge in [0.05, 0.1) is 5.69 Å². The highest BCUT2D eigenvalue weighted by molar-refractivity contribution is 5.49. The van der Waals surface area contributed by atoms with E-state index in [9.17, 15) is 13.2 Å². The SMILES string of the molecule is CCNCC1CCN(c2cc(F)c(F)cc2F)C1. The Morgan fingerprint density at radius 1 is 1.22 bits per heavy atom. The molecule has 5 heteroatoms. The van der Waals surface area contributed by atoms with Crippen LogP contribution in [-0.4, -0.2) is 26.2 Å². The van der Waals surface area contributed by atoms with E-state index in [2.05, 4.69) is 5.32 Å². The van der Waals surface area contributed by atoms with Crippen LogP contribution in [0.2, 0.25) is 0 Å². The summed E-state index contributed by atoms with van der Waals surface area (Å²) in [5, 5.41) is 3.24. The lowest BCUT2D eigenvalue weighted by atomic mass is 10.1. The molecule has 0 saturated carbocycles. The molecule has 1 N–H and O–H groups in total. The monoisotopic (exact) mass is 258 g/mol. The van der Waals surface area contributed by atoms with Crippen molar-refractivity contribution in [3.05, 3.63) is 29.6 Å². The van der Waals surface area contributed by atoms with Crippen molar-refractivity contribution in [3.8, 4) is 0 Å². The van der Waals surface area contributed by atoms with Gasteiger partial charge >= 0.3 is 0 Å². The second-order valence-corrected chi connectivity index (χ2v) is 4.63. The summed E-state index contributed by atoms with van der Waals surface area (Å²) in [6.45, 7) is 5.16. The van der Waals surface area contributed by atoms with Crippen molar-refractivity contribution in [2.45, 2.75) is 13.3 Å². The molecule has 1 fully saturated rings. The van der Waals surface area contributed by atoms with Crippen LogP contribution < -0.4 is 10.2 Å². The van der Waals surface area contributed by atoms with Crippen LogP contribution in [0.1, 0.15) is 13.3 Å². The Morgan fingerprint density at radius 3 is 2.67 bits per heavy atom. The summed E-state index contributed by atoms with van der Waals surface area (Å²) in [7, 11) is 0. The van der Waals surface area contributed by atoms with Gasteiger partial charge in [0.15, 0.2) is 11.6 Å². The van der Waals surface area contributed by atoms with Gasteiger partial charge in [-0.1, -0.05) is 6.92 Å². The number of rotatable bonds is 4. The molecule has 2 rings (SSSR count). The van der Waals surface area contributed by atoms with Crippen LogP contribution in [0.4, 0.5) is 18.9 Å². The average Bonchev–Trinajstić information content (AvgIpc) is 2.79. The molecular formula is C13H17F3N2. The van der Waals surface area contributed by atoms with E-state index < -0.39 is 17.5 Å². The van der Waals surface area contributed by atoms with E-state index in [-0.39, 0.29) is 5.69 Å². The molecule has 18 heavy (non-hydrogen) atoms. The fourth-order valence-electron chi connectivity index (χ4n) is 2.32. The number of benzene rings is 1. The molecule has 0 bridgehead atoms. The van der Waals surface area contributed by atoms with Crippen LogP contribution in [0.25, 0.3) is 0 Å². The Kier molecular flexibility index (Phi) is 4.11. The summed E-state index contributed by atoms with van der Waals surface area (Å²) >= 11 is 0. The first-order valence-corrected chi connectivity index (χ1v) is 6.22. The van der Waals surface area contributed by atoms with Gasteiger partial charge in [0, 0.05) is 25.2 Å². The third kappa shape index (κ3) is 2.77. The third-order valence-corrected chi connectivity index (χ3v) is 3.30. The number of halogens is 3. The highest BCUT2D eigenvalue weighted by atomic mass is 19.2. The van der Waals surface area contributed by atoms with Crippen molar-refractivity contribution in [2.75, 3.05) is 31.1 Å². The molecule has 1 aromatic carbocycles. The molecule has 100 valence electrons. The molecule has 0 spiro atoms. The molecule has 0 amide bonds. The fourth-order valence-corrected chi connectivity index (χ4v) is 2.32. The van der Waals surface area contributed by atoms with Crippen molar-refractivity contribution in [3.63, 3.8) is 0 Å². The summed E-state index contributed by atoms with van der Waals surface area (Å²) in [4.78, 5) is 1.78. The minimum Gasteiger partial charge on any atom is -0.369 e. The number of nitrogens with zero attached hydrogens (tertiary/aromatic N) is 1. The molecule has 1 saturated heterocycles. The molecule has 1 unspecified atom stereocenters. The zero-order valence-electron chi connectivity index (χ0n) is 10.3. The van der Waals surface area contributed by atoms with Crippen molar-refractivity contribution < 1.29 is 13.2 Å². The standard InChI is InChI=1S/C13H17F3N2/c1-2-17-7-9-3-4-18(8-9)13-6-11(15)10(14)5-12(13)16/h5-6,9,17H,2-4,7-8H2,1H3. The molecule has 0 radical (unpaired) electrons. The Labute approximate surface area is 105 Å². The average molecular weight is 258 g/mol. The molecule has 1 aliphatic heterocycles. The smallest absolute Gasteiger partial charge is 0.161 e. The first-order valence-electron chi connectivity index (χ1n) is 6.22. The van der Waals surface area contributed by atoms with Crippen LogP contribution in [0.3, 0.4) is 0 Å². The number of anilines is 1. The van der Waals surface area contributed by atoms with Gasteiger partial charge in [0.1, 0.15) is 5.82 Å². The van der Waals surface area contributed by atoms with Crippen LogP contribution in [0.5, 0.6) is 0 Å². The van der Waals surface area contributed by atoms with E-state index in [1.807, 2.05) is 6.92 Å². The summed E-state index contributed by atoms with van der Waals surface area (Å²) in [5.41, 5.74) is 0.160. The third-order valence-electron chi connectivity index (χ3n) is 3.30. The van der Waals surface area contributed by atoms with Gasteiger partial charge in [-0.25, -0.2) is 13.2 Å². The van der Waals surface area contributed by atoms with Gasteiger partial charge in [-0.15, -0.1) is 0 Å². The van der Waals surface area contributed by atoms with E-state index in [0.29, 0.717) is 25.1 Å². The predicted molar refractivity (Wildman–Crippen MR) is 65.2 cm³/mol. The van der Waals surface area contributed by atoms with Crippen LogP contribution in [0, 0.1) is 23.4 Å².